The fourth-order valence-electron chi connectivity index (χ4n) is 0.676. The van der Waals surface area contributed by atoms with E-state index in [9.17, 15) is 0 Å². The van der Waals surface area contributed by atoms with Crippen LogP contribution >= 0.6 is 0 Å². The van der Waals surface area contributed by atoms with Gasteiger partial charge in [0.15, 0.2) is 0 Å². The maximum Gasteiger partial charge on any atom is 0.129 e. The normalized spacial score (nSPS) is 12.8. The summed E-state index contributed by atoms with van der Waals surface area (Å²) in [5.74, 6) is 3.20. The maximum absolute atomic E-state index is 3.34. The van der Waals surface area contributed by atoms with Crippen LogP contribution < -0.4 is 0 Å². The molecule has 0 unspecified atom stereocenters. The summed E-state index contributed by atoms with van der Waals surface area (Å²) in [6, 6.07) is 0. The summed E-state index contributed by atoms with van der Waals surface area (Å²) in [5, 5.41) is 0. The van der Waals surface area contributed by atoms with Crippen LogP contribution in [-0.2, 0) is 0 Å². The van der Waals surface area contributed by atoms with Crippen molar-refractivity contribution in [2.24, 2.45) is 0 Å². The van der Waals surface area contributed by atoms with Gasteiger partial charge in [-0.15, -0.1) is 5.54 Å². The fourth-order valence-corrected chi connectivity index (χ4v) is 1.25. The molecule has 0 atom stereocenters. The van der Waals surface area contributed by atoms with Gasteiger partial charge in [-0.25, -0.2) is 0 Å². The molecule has 72 valence electrons. The van der Waals surface area contributed by atoms with E-state index in [2.05, 4.69) is 63.2 Å². The SMILES string of the molecule is CC/C=C\C=C(/C)C#C[Si](C)(C)C. The molecule has 0 aromatic heterocycles. The summed E-state index contributed by atoms with van der Waals surface area (Å²) in [6.07, 6.45) is 7.38. The number of hydrogen-bond acceptors (Lipinski definition) is 0. The van der Waals surface area contributed by atoms with Gasteiger partial charge in [0, 0.05) is 0 Å². The average molecular weight is 192 g/mol. The Bertz CT molecular complexity index is 253. The Morgan fingerprint density at radius 2 is 1.92 bits per heavy atom. The highest BCUT2D eigenvalue weighted by atomic mass is 28.3. The standard InChI is InChI=1S/C12H20Si/c1-6-7-8-9-12(2)10-11-13(3,4)5/h7-9H,6H2,1-5H3/b8-7-,12-9+. The molecule has 0 bridgehead atoms. The molecule has 0 aromatic rings. The van der Waals surface area contributed by atoms with Gasteiger partial charge in [-0.1, -0.05) is 50.7 Å². The fraction of sp³-hybridized carbons (Fsp3) is 0.500. The molecule has 0 heterocycles. The Labute approximate surface area is 83.8 Å². The topological polar surface area (TPSA) is 0 Å². The minimum atomic E-state index is -1.19. The zero-order valence-corrected chi connectivity index (χ0v) is 10.4. The van der Waals surface area contributed by atoms with Crippen LogP contribution in [0.15, 0.2) is 23.8 Å². The lowest BCUT2D eigenvalue weighted by Gasteiger charge is -2.02. The molecule has 0 aromatic carbocycles. The molecule has 0 aliphatic rings. The minimum absolute atomic E-state index is 1.09. The molecule has 0 aliphatic carbocycles. The second-order valence-corrected chi connectivity index (χ2v) is 8.94. The van der Waals surface area contributed by atoms with E-state index in [1.807, 2.05) is 0 Å². The third-order valence-corrected chi connectivity index (χ3v) is 2.23. The molecular weight excluding hydrogens is 172 g/mol. The second kappa shape index (κ2) is 5.83. The highest BCUT2D eigenvalue weighted by Crippen LogP contribution is 1.98. The first-order valence-corrected chi connectivity index (χ1v) is 8.32. The van der Waals surface area contributed by atoms with Crippen molar-refractivity contribution >= 4 is 8.07 Å². The first-order valence-electron chi connectivity index (χ1n) is 4.82. The quantitative estimate of drug-likeness (QED) is 0.355. The zero-order chi connectivity index (χ0) is 10.3. The minimum Gasteiger partial charge on any atom is -0.127 e. The molecule has 0 saturated carbocycles. The summed E-state index contributed by atoms with van der Waals surface area (Å²) in [5.41, 5.74) is 4.49. The van der Waals surface area contributed by atoms with E-state index in [0.29, 0.717) is 0 Å². The van der Waals surface area contributed by atoms with Gasteiger partial charge in [-0.05, 0) is 18.9 Å². The van der Waals surface area contributed by atoms with Crippen molar-refractivity contribution in [2.75, 3.05) is 0 Å². The Balaban J connectivity index is 4.26. The summed E-state index contributed by atoms with van der Waals surface area (Å²) in [6.45, 7) is 11.0. The first-order chi connectivity index (χ1) is 5.95. The Hall–Kier alpha value is -0.743. The van der Waals surface area contributed by atoms with Crippen LogP contribution in [0.5, 0.6) is 0 Å². The van der Waals surface area contributed by atoms with E-state index in [1.165, 1.54) is 0 Å². The lowest BCUT2D eigenvalue weighted by atomic mass is 10.3. The van der Waals surface area contributed by atoms with Gasteiger partial charge in [0.2, 0.25) is 0 Å². The van der Waals surface area contributed by atoms with Crippen molar-refractivity contribution in [3.8, 4) is 11.5 Å². The van der Waals surface area contributed by atoms with Crippen molar-refractivity contribution in [2.45, 2.75) is 39.9 Å². The smallest absolute Gasteiger partial charge is 0.127 e. The van der Waals surface area contributed by atoms with Crippen molar-refractivity contribution < 1.29 is 0 Å². The summed E-state index contributed by atoms with van der Waals surface area (Å²) >= 11 is 0. The Morgan fingerprint density at radius 3 is 2.38 bits per heavy atom. The van der Waals surface area contributed by atoms with E-state index in [1.54, 1.807) is 0 Å². The van der Waals surface area contributed by atoms with Gasteiger partial charge in [0.05, 0.1) is 0 Å². The monoisotopic (exact) mass is 192 g/mol. The molecular formula is C12H20Si. The second-order valence-electron chi connectivity index (χ2n) is 4.19. The van der Waals surface area contributed by atoms with Gasteiger partial charge in [-0.3, -0.25) is 0 Å². The van der Waals surface area contributed by atoms with Crippen LogP contribution in [0.3, 0.4) is 0 Å². The van der Waals surface area contributed by atoms with E-state index in [-0.39, 0.29) is 0 Å². The molecule has 0 aliphatic heterocycles. The molecule has 0 nitrogen and oxygen atoms in total. The molecule has 0 amide bonds. The van der Waals surface area contributed by atoms with Crippen LogP contribution in [0.1, 0.15) is 20.3 Å². The largest absolute Gasteiger partial charge is 0.129 e. The van der Waals surface area contributed by atoms with Gasteiger partial charge in [-0.2, -0.15) is 0 Å². The van der Waals surface area contributed by atoms with E-state index >= 15 is 0 Å². The van der Waals surface area contributed by atoms with E-state index in [4.69, 9.17) is 0 Å². The molecule has 1 heteroatoms. The molecule has 13 heavy (non-hydrogen) atoms. The van der Waals surface area contributed by atoms with Gasteiger partial charge < -0.3 is 0 Å². The third-order valence-electron chi connectivity index (χ3n) is 1.35. The predicted octanol–water partition coefficient (Wildman–Crippen LogP) is 3.78. The molecule has 0 fully saturated rings. The third kappa shape index (κ3) is 9.17. The van der Waals surface area contributed by atoms with Crippen molar-refractivity contribution in [3.63, 3.8) is 0 Å². The van der Waals surface area contributed by atoms with Gasteiger partial charge in [0.1, 0.15) is 8.07 Å². The highest BCUT2D eigenvalue weighted by Gasteiger charge is 2.06. The van der Waals surface area contributed by atoms with E-state index in [0.717, 1.165) is 12.0 Å². The summed E-state index contributed by atoms with van der Waals surface area (Å²) in [7, 11) is -1.19. The van der Waals surface area contributed by atoms with Crippen molar-refractivity contribution in [1.82, 2.24) is 0 Å². The van der Waals surface area contributed by atoms with Gasteiger partial charge >= 0.3 is 0 Å². The lowest BCUT2D eigenvalue weighted by Crippen LogP contribution is -2.16. The van der Waals surface area contributed by atoms with Crippen LogP contribution in [-0.4, -0.2) is 8.07 Å². The van der Waals surface area contributed by atoms with Crippen LogP contribution in [0, 0.1) is 11.5 Å². The number of allylic oxidation sites excluding steroid dienone is 4. The van der Waals surface area contributed by atoms with Crippen LogP contribution in [0.2, 0.25) is 19.6 Å². The first kappa shape index (κ1) is 12.3. The molecule has 0 saturated heterocycles. The Kier molecular flexibility index (Phi) is 5.49. The molecule has 0 spiro atoms. The van der Waals surface area contributed by atoms with Crippen LogP contribution in [0.25, 0.3) is 0 Å². The zero-order valence-electron chi connectivity index (χ0n) is 9.44. The molecule has 0 rings (SSSR count). The highest BCUT2D eigenvalue weighted by molar-refractivity contribution is 6.83. The van der Waals surface area contributed by atoms with Gasteiger partial charge in [0.25, 0.3) is 0 Å². The summed E-state index contributed by atoms with van der Waals surface area (Å²) < 4.78 is 0. The number of hydrogen-bond donors (Lipinski definition) is 0. The predicted molar refractivity (Wildman–Crippen MR) is 64.3 cm³/mol. The Morgan fingerprint density at radius 1 is 1.31 bits per heavy atom. The molecule has 0 N–H and O–H groups in total. The van der Waals surface area contributed by atoms with E-state index < -0.39 is 8.07 Å². The summed E-state index contributed by atoms with van der Waals surface area (Å²) in [4.78, 5) is 0. The average Bonchev–Trinajstić information content (AvgIpc) is 2.00. The lowest BCUT2D eigenvalue weighted by molar-refractivity contribution is 1.22. The van der Waals surface area contributed by atoms with Crippen molar-refractivity contribution in [1.29, 1.82) is 0 Å². The van der Waals surface area contributed by atoms with Crippen LogP contribution in [0.4, 0.5) is 0 Å². The maximum atomic E-state index is 3.34. The molecule has 0 radical (unpaired) electrons. The van der Waals surface area contributed by atoms with Crippen molar-refractivity contribution in [3.05, 3.63) is 23.8 Å². The number of rotatable bonds is 2.